The van der Waals surface area contributed by atoms with Crippen molar-refractivity contribution in [2.45, 2.75) is 20.0 Å². The Morgan fingerprint density at radius 2 is 1.90 bits per heavy atom. The second-order valence-corrected chi connectivity index (χ2v) is 4.58. The normalized spacial score (nSPS) is 10.3. The fourth-order valence-corrected chi connectivity index (χ4v) is 1.66. The van der Waals surface area contributed by atoms with Gasteiger partial charge in [0, 0.05) is 24.0 Å². The van der Waals surface area contributed by atoms with Crippen molar-refractivity contribution in [2.75, 3.05) is 5.32 Å². The molecule has 0 saturated heterocycles. The van der Waals surface area contributed by atoms with Gasteiger partial charge in [0.25, 0.3) is 5.91 Å². The second-order valence-electron chi connectivity index (χ2n) is 4.58. The Labute approximate surface area is 116 Å². The summed E-state index contributed by atoms with van der Waals surface area (Å²) >= 11 is 0. The second kappa shape index (κ2) is 6.06. The SMILES string of the molecule is CC(C)Oc1ccc(NC(=O)c2cc(=O)cc[nH]2)cc1. The van der Waals surface area contributed by atoms with Crippen molar-refractivity contribution in [2.24, 2.45) is 0 Å². The molecule has 0 bridgehead atoms. The third-order valence-electron chi connectivity index (χ3n) is 2.50. The van der Waals surface area contributed by atoms with Crippen LogP contribution in [0.2, 0.25) is 0 Å². The first-order valence-corrected chi connectivity index (χ1v) is 6.31. The van der Waals surface area contributed by atoms with Crippen molar-refractivity contribution in [3.05, 3.63) is 58.5 Å². The molecule has 0 saturated carbocycles. The zero-order valence-electron chi connectivity index (χ0n) is 11.3. The molecule has 0 aliphatic rings. The number of rotatable bonds is 4. The number of carbonyl (C=O) groups excluding carboxylic acids is 1. The van der Waals surface area contributed by atoms with E-state index in [1.807, 2.05) is 13.8 Å². The molecule has 1 amide bonds. The molecule has 2 rings (SSSR count). The van der Waals surface area contributed by atoms with Crippen molar-refractivity contribution >= 4 is 11.6 Å². The highest BCUT2D eigenvalue weighted by Gasteiger charge is 2.07. The highest BCUT2D eigenvalue weighted by atomic mass is 16.5. The van der Waals surface area contributed by atoms with Crippen molar-refractivity contribution in [1.29, 1.82) is 0 Å². The van der Waals surface area contributed by atoms with Crippen LogP contribution >= 0.6 is 0 Å². The lowest BCUT2D eigenvalue weighted by Gasteiger charge is -2.10. The molecular formula is C15H16N2O3. The van der Waals surface area contributed by atoms with Gasteiger partial charge in [0.1, 0.15) is 11.4 Å². The average Bonchev–Trinajstić information content (AvgIpc) is 2.40. The van der Waals surface area contributed by atoms with E-state index in [1.165, 1.54) is 18.3 Å². The van der Waals surface area contributed by atoms with Crippen LogP contribution in [-0.4, -0.2) is 17.0 Å². The molecule has 2 aromatic rings. The Balaban J connectivity index is 2.06. The smallest absolute Gasteiger partial charge is 0.272 e. The quantitative estimate of drug-likeness (QED) is 0.897. The highest BCUT2D eigenvalue weighted by molar-refractivity contribution is 6.02. The largest absolute Gasteiger partial charge is 0.491 e. The molecule has 1 aromatic heterocycles. The van der Waals surface area contributed by atoms with Crippen LogP contribution in [0.3, 0.4) is 0 Å². The molecular weight excluding hydrogens is 256 g/mol. The van der Waals surface area contributed by atoms with E-state index < -0.39 is 0 Å². The molecule has 0 aliphatic heterocycles. The molecule has 20 heavy (non-hydrogen) atoms. The summed E-state index contributed by atoms with van der Waals surface area (Å²) in [6.07, 6.45) is 1.54. The monoisotopic (exact) mass is 272 g/mol. The Hall–Kier alpha value is -2.56. The van der Waals surface area contributed by atoms with E-state index in [9.17, 15) is 9.59 Å². The predicted octanol–water partition coefficient (Wildman–Crippen LogP) is 2.41. The van der Waals surface area contributed by atoms with E-state index in [2.05, 4.69) is 10.3 Å². The van der Waals surface area contributed by atoms with Crippen molar-refractivity contribution in [3.8, 4) is 5.75 Å². The first-order valence-electron chi connectivity index (χ1n) is 6.31. The average molecular weight is 272 g/mol. The van der Waals surface area contributed by atoms with Crippen molar-refractivity contribution < 1.29 is 9.53 Å². The third kappa shape index (κ3) is 3.71. The highest BCUT2D eigenvalue weighted by Crippen LogP contribution is 2.17. The number of aromatic nitrogens is 1. The van der Waals surface area contributed by atoms with Gasteiger partial charge in [-0.3, -0.25) is 9.59 Å². The summed E-state index contributed by atoms with van der Waals surface area (Å²) in [5.74, 6) is 0.381. The lowest BCUT2D eigenvalue weighted by molar-refractivity contribution is 0.102. The van der Waals surface area contributed by atoms with Crippen LogP contribution in [0.5, 0.6) is 5.75 Å². The summed E-state index contributed by atoms with van der Waals surface area (Å²) in [5, 5.41) is 2.70. The van der Waals surface area contributed by atoms with Crippen molar-refractivity contribution in [3.63, 3.8) is 0 Å². The van der Waals surface area contributed by atoms with Crippen LogP contribution in [0.4, 0.5) is 5.69 Å². The van der Waals surface area contributed by atoms with Gasteiger partial charge < -0.3 is 15.0 Å². The lowest BCUT2D eigenvalue weighted by atomic mass is 10.2. The maximum absolute atomic E-state index is 11.9. The topological polar surface area (TPSA) is 71.2 Å². The summed E-state index contributed by atoms with van der Waals surface area (Å²) < 4.78 is 5.51. The first kappa shape index (κ1) is 13.9. The Morgan fingerprint density at radius 1 is 1.20 bits per heavy atom. The van der Waals surface area contributed by atoms with Crippen molar-refractivity contribution in [1.82, 2.24) is 4.98 Å². The minimum absolute atomic E-state index is 0.102. The summed E-state index contributed by atoms with van der Waals surface area (Å²) in [6, 6.07) is 9.67. The van der Waals surface area contributed by atoms with E-state index in [1.54, 1.807) is 24.3 Å². The van der Waals surface area contributed by atoms with E-state index in [0.29, 0.717) is 5.69 Å². The van der Waals surface area contributed by atoms with Crippen LogP contribution in [0.1, 0.15) is 24.3 Å². The van der Waals surface area contributed by atoms with Gasteiger partial charge in [0.15, 0.2) is 5.43 Å². The zero-order valence-corrected chi connectivity index (χ0v) is 11.3. The number of nitrogens with one attached hydrogen (secondary N) is 2. The van der Waals surface area contributed by atoms with E-state index in [-0.39, 0.29) is 23.1 Å². The molecule has 0 spiro atoms. The molecule has 5 nitrogen and oxygen atoms in total. The van der Waals surface area contributed by atoms with Crippen LogP contribution in [0.15, 0.2) is 47.4 Å². The van der Waals surface area contributed by atoms with Crippen LogP contribution in [-0.2, 0) is 0 Å². The number of aromatic amines is 1. The number of amides is 1. The molecule has 2 N–H and O–H groups in total. The first-order chi connectivity index (χ1) is 9.54. The van der Waals surface area contributed by atoms with Gasteiger partial charge in [-0.15, -0.1) is 0 Å². The van der Waals surface area contributed by atoms with E-state index in [0.717, 1.165) is 5.75 Å². The molecule has 0 unspecified atom stereocenters. The minimum Gasteiger partial charge on any atom is -0.491 e. The molecule has 1 aromatic carbocycles. The predicted molar refractivity (Wildman–Crippen MR) is 77.2 cm³/mol. The number of benzene rings is 1. The van der Waals surface area contributed by atoms with Gasteiger partial charge in [-0.1, -0.05) is 0 Å². The van der Waals surface area contributed by atoms with Crippen LogP contribution < -0.4 is 15.5 Å². The fraction of sp³-hybridized carbons (Fsp3) is 0.200. The Bertz CT molecular complexity index is 645. The minimum atomic E-state index is -0.361. The molecule has 0 radical (unpaired) electrons. The van der Waals surface area contributed by atoms with Gasteiger partial charge in [0.2, 0.25) is 0 Å². The van der Waals surface area contributed by atoms with Gasteiger partial charge in [-0.05, 0) is 38.1 Å². The maximum atomic E-state index is 11.9. The standard InChI is InChI=1S/C15H16N2O3/c1-10(2)20-13-5-3-11(4-6-13)17-15(19)14-9-12(18)7-8-16-14/h3-10H,1-2H3,(H,16,18)(H,17,19). The number of anilines is 1. The van der Waals surface area contributed by atoms with E-state index in [4.69, 9.17) is 4.74 Å². The number of ether oxygens (including phenoxy) is 1. The summed E-state index contributed by atoms with van der Waals surface area (Å²) in [7, 11) is 0. The molecule has 0 aliphatic carbocycles. The van der Waals surface area contributed by atoms with Gasteiger partial charge in [-0.2, -0.15) is 0 Å². The van der Waals surface area contributed by atoms with Gasteiger partial charge in [0.05, 0.1) is 6.10 Å². The Morgan fingerprint density at radius 3 is 2.50 bits per heavy atom. The fourth-order valence-electron chi connectivity index (χ4n) is 1.66. The van der Waals surface area contributed by atoms with Crippen LogP contribution in [0.25, 0.3) is 0 Å². The summed E-state index contributed by atoms with van der Waals surface area (Å²) in [5.41, 5.74) is 0.644. The number of hydrogen-bond donors (Lipinski definition) is 2. The number of carbonyl (C=O) groups is 1. The van der Waals surface area contributed by atoms with Crippen LogP contribution in [0, 0.1) is 0 Å². The molecule has 1 heterocycles. The molecule has 0 atom stereocenters. The Kier molecular flexibility index (Phi) is 4.20. The van der Waals surface area contributed by atoms with Gasteiger partial charge >= 0.3 is 0 Å². The number of H-pyrrole nitrogens is 1. The molecule has 104 valence electrons. The third-order valence-corrected chi connectivity index (χ3v) is 2.50. The van der Waals surface area contributed by atoms with E-state index >= 15 is 0 Å². The zero-order chi connectivity index (χ0) is 14.5. The maximum Gasteiger partial charge on any atom is 0.272 e. The summed E-state index contributed by atoms with van der Waals surface area (Å²) in [4.78, 5) is 25.8. The number of hydrogen-bond acceptors (Lipinski definition) is 3. The number of pyridine rings is 1. The van der Waals surface area contributed by atoms with Gasteiger partial charge in [-0.25, -0.2) is 0 Å². The lowest BCUT2D eigenvalue weighted by Crippen LogP contribution is -2.16. The summed E-state index contributed by atoms with van der Waals surface area (Å²) in [6.45, 7) is 3.89. The molecule has 0 fully saturated rings. The molecule has 5 heteroatoms.